The fraction of sp³-hybridized carbons (Fsp3) is 0.0213. The van der Waals surface area contributed by atoms with E-state index in [1.54, 1.807) is 72.8 Å². The molecule has 0 aliphatic rings. The lowest BCUT2D eigenvalue weighted by Gasteiger charge is -2.14. The number of benzene rings is 8. The number of carbonyl (C=O) groups is 2. The van der Waals surface area contributed by atoms with Gasteiger partial charge in [-0.3, -0.25) is 14.1 Å². The molecule has 2 amide bonds. The average Bonchev–Trinajstić information content (AvgIpc) is 3.29. The molecule has 67 heavy (non-hydrogen) atoms. The van der Waals surface area contributed by atoms with Gasteiger partial charge in [-0.15, -0.1) is 15.3 Å². The van der Waals surface area contributed by atoms with Gasteiger partial charge in [-0.25, -0.2) is 0 Å². The zero-order chi connectivity index (χ0) is 47.8. The van der Waals surface area contributed by atoms with Crippen LogP contribution in [0.3, 0.4) is 0 Å². The number of amides is 2. The first kappa shape index (κ1) is 46.1. The third-order valence-electron chi connectivity index (χ3n) is 10.2. The topological polar surface area (TPSA) is 202 Å². The Morgan fingerprint density at radius 3 is 1.49 bits per heavy atom. The van der Waals surface area contributed by atoms with E-state index in [4.69, 9.17) is 34.8 Å². The normalized spacial score (nSPS) is 12.0. The summed E-state index contributed by atoms with van der Waals surface area (Å²) in [6, 6.07) is 33.1. The first-order chi connectivity index (χ1) is 31.8. The van der Waals surface area contributed by atoms with Crippen LogP contribution in [0.2, 0.25) is 15.1 Å². The molecule has 8 rings (SSSR count). The van der Waals surface area contributed by atoms with Crippen LogP contribution in [0.1, 0.15) is 26.3 Å². The maximum Gasteiger partial charge on any atom is 0.416 e. The van der Waals surface area contributed by atoms with E-state index >= 15 is 0 Å². The van der Waals surface area contributed by atoms with E-state index in [0.717, 1.165) is 24.3 Å². The minimum atomic E-state index is -4.67. The molecule has 0 aliphatic carbocycles. The SMILES string of the molecule is O=C(Nc1ccc(-c2ccc(NC(=O)c3cc4ccccc4c(/N=N/c4cc(C(F)(F)F)ccc4Cl)c3O)c(Cl)c2)cc1Cl)c1cc2ccccc2c(/N=N/c2ccc(S(=O)(=O)O)cc2)c1O. The first-order valence-electron chi connectivity index (χ1n) is 19.3. The Labute approximate surface area is 392 Å². The molecule has 0 spiro atoms. The van der Waals surface area contributed by atoms with E-state index < -0.39 is 45.2 Å². The molecule has 20 heteroatoms. The Bertz CT molecular complexity index is 3500. The van der Waals surface area contributed by atoms with Gasteiger partial charge in [-0.05, 0) is 101 Å². The lowest BCUT2D eigenvalue weighted by molar-refractivity contribution is -0.137. The number of anilines is 2. The van der Waals surface area contributed by atoms with Crippen LogP contribution in [-0.4, -0.2) is 35.0 Å². The number of hydrogen-bond donors (Lipinski definition) is 5. The molecule has 0 saturated carbocycles. The Hall–Kier alpha value is -7.41. The summed E-state index contributed by atoms with van der Waals surface area (Å²) in [5, 5.41) is 46.1. The van der Waals surface area contributed by atoms with Crippen molar-refractivity contribution in [1.82, 2.24) is 0 Å². The number of aromatic hydroxyl groups is 2. The molecular weight excluding hydrogens is 956 g/mol. The van der Waals surface area contributed by atoms with Crippen molar-refractivity contribution in [3.8, 4) is 22.6 Å². The van der Waals surface area contributed by atoms with Crippen LogP contribution in [0, 0.1) is 0 Å². The molecule has 0 heterocycles. The van der Waals surface area contributed by atoms with Crippen LogP contribution in [-0.2, 0) is 16.3 Å². The molecule has 0 radical (unpaired) electrons. The van der Waals surface area contributed by atoms with Crippen LogP contribution >= 0.6 is 34.8 Å². The van der Waals surface area contributed by atoms with Gasteiger partial charge >= 0.3 is 6.18 Å². The van der Waals surface area contributed by atoms with Gasteiger partial charge in [0.25, 0.3) is 21.9 Å². The number of nitrogens with one attached hydrogen (secondary N) is 2. The predicted molar refractivity (Wildman–Crippen MR) is 250 cm³/mol. The van der Waals surface area contributed by atoms with Crippen LogP contribution in [0.4, 0.5) is 47.3 Å². The number of halogens is 6. The molecule has 336 valence electrons. The summed E-state index contributed by atoms with van der Waals surface area (Å²) in [7, 11) is -4.43. The molecule has 0 bridgehead atoms. The van der Waals surface area contributed by atoms with Crippen LogP contribution in [0.5, 0.6) is 11.5 Å². The minimum absolute atomic E-state index is 0.0384. The zero-order valence-corrected chi connectivity index (χ0v) is 36.8. The van der Waals surface area contributed by atoms with Crippen molar-refractivity contribution in [1.29, 1.82) is 0 Å². The number of rotatable bonds is 10. The van der Waals surface area contributed by atoms with Gasteiger partial charge in [0.1, 0.15) is 17.1 Å². The van der Waals surface area contributed by atoms with Gasteiger partial charge in [0.2, 0.25) is 0 Å². The summed E-state index contributed by atoms with van der Waals surface area (Å²) in [4.78, 5) is 27.0. The van der Waals surface area contributed by atoms with Gasteiger partial charge in [0.05, 0.1) is 53.7 Å². The van der Waals surface area contributed by atoms with Gasteiger partial charge < -0.3 is 20.8 Å². The molecule has 0 atom stereocenters. The highest BCUT2D eigenvalue weighted by Gasteiger charge is 2.31. The second-order valence-corrected chi connectivity index (χ2v) is 17.2. The fourth-order valence-electron chi connectivity index (χ4n) is 6.82. The Morgan fingerprint density at radius 1 is 0.552 bits per heavy atom. The molecule has 0 saturated heterocycles. The summed E-state index contributed by atoms with van der Waals surface area (Å²) in [5.41, 5.74) is -0.288. The highest BCUT2D eigenvalue weighted by molar-refractivity contribution is 7.85. The smallest absolute Gasteiger partial charge is 0.416 e. The lowest BCUT2D eigenvalue weighted by Crippen LogP contribution is -2.13. The summed E-state index contributed by atoms with van der Waals surface area (Å²) < 4.78 is 72.3. The van der Waals surface area contributed by atoms with Crippen LogP contribution < -0.4 is 10.6 Å². The van der Waals surface area contributed by atoms with E-state index in [2.05, 4.69) is 31.1 Å². The van der Waals surface area contributed by atoms with Gasteiger partial charge in [-0.1, -0.05) is 95.5 Å². The maximum absolute atomic E-state index is 13.7. The Balaban J connectivity index is 1.01. The number of fused-ring (bicyclic) bond motifs is 2. The van der Waals surface area contributed by atoms with Crippen molar-refractivity contribution in [3.05, 3.63) is 171 Å². The van der Waals surface area contributed by atoms with Crippen molar-refractivity contribution in [2.45, 2.75) is 11.1 Å². The monoisotopic (exact) mass is 982 g/mol. The first-order valence-corrected chi connectivity index (χ1v) is 21.9. The second kappa shape index (κ2) is 18.5. The van der Waals surface area contributed by atoms with Crippen molar-refractivity contribution in [2.75, 3.05) is 10.6 Å². The molecule has 8 aromatic carbocycles. The molecule has 5 N–H and O–H groups in total. The number of azo groups is 2. The number of carbonyl (C=O) groups excluding carboxylic acids is 2. The van der Waals surface area contributed by atoms with Crippen LogP contribution in [0.25, 0.3) is 32.7 Å². The third kappa shape index (κ3) is 9.91. The summed E-state index contributed by atoms with van der Waals surface area (Å²) in [6.45, 7) is 0. The maximum atomic E-state index is 13.7. The number of alkyl halides is 3. The lowest BCUT2D eigenvalue weighted by atomic mass is 10.0. The van der Waals surface area contributed by atoms with E-state index in [1.807, 2.05) is 0 Å². The van der Waals surface area contributed by atoms with E-state index in [1.165, 1.54) is 36.4 Å². The number of phenolic OH excluding ortho intramolecular Hbond substituents is 2. The van der Waals surface area contributed by atoms with E-state index in [9.17, 15) is 45.9 Å². The predicted octanol–water partition coefficient (Wildman–Crippen LogP) is 14.6. The summed E-state index contributed by atoms with van der Waals surface area (Å²) in [5.74, 6) is -2.63. The fourth-order valence-corrected chi connectivity index (χ4v) is 7.91. The summed E-state index contributed by atoms with van der Waals surface area (Å²) in [6.07, 6.45) is -4.67. The standard InChI is InChI=1S/C47H28Cl3F3N6O7S/c48-35-16-11-28(47(51,52)53)23-40(35)57-59-42-32-8-4-2-6-27(32)20-34(44(42)61)46(63)55-39-18-10-25(22-37(39)50)24-9-17-38(36(49)21-24)54-45(62)33-19-26-5-1-3-7-31(26)41(43(33)60)58-56-29-12-14-30(15-13-29)67(64,65)66/h1-23,60-61H,(H,54,62)(H,55,63)(H,64,65,66)/b58-56+,59-57+. The average molecular weight is 984 g/mol. The van der Waals surface area contributed by atoms with E-state index in [-0.39, 0.29) is 65.2 Å². The highest BCUT2D eigenvalue weighted by Crippen LogP contribution is 2.43. The molecule has 0 aliphatic heterocycles. The molecule has 8 aromatic rings. The minimum Gasteiger partial charge on any atom is -0.505 e. The summed E-state index contributed by atoms with van der Waals surface area (Å²) >= 11 is 19.4. The van der Waals surface area contributed by atoms with Crippen molar-refractivity contribution >= 4 is 112 Å². The number of nitrogens with zero attached hydrogens (tertiary/aromatic N) is 4. The quantitative estimate of drug-likeness (QED) is 0.0662. The molecule has 0 fully saturated rings. The van der Waals surface area contributed by atoms with Gasteiger partial charge in [0.15, 0.2) is 11.5 Å². The molecular formula is C47H28Cl3F3N6O7S. The molecule has 0 unspecified atom stereocenters. The highest BCUT2D eigenvalue weighted by atomic mass is 35.5. The molecule has 13 nitrogen and oxygen atoms in total. The van der Waals surface area contributed by atoms with Crippen molar-refractivity contribution in [2.24, 2.45) is 20.5 Å². The van der Waals surface area contributed by atoms with Gasteiger partial charge in [-0.2, -0.15) is 26.7 Å². The Kier molecular flexibility index (Phi) is 12.7. The van der Waals surface area contributed by atoms with Crippen molar-refractivity contribution < 1.29 is 45.9 Å². The molecule has 0 aromatic heterocycles. The zero-order valence-electron chi connectivity index (χ0n) is 33.7. The second-order valence-electron chi connectivity index (χ2n) is 14.5. The van der Waals surface area contributed by atoms with E-state index in [0.29, 0.717) is 38.7 Å². The van der Waals surface area contributed by atoms with Crippen LogP contribution in [0.15, 0.2) is 165 Å². The number of phenols is 2. The van der Waals surface area contributed by atoms with Crippen molar-refractivity contribution in [3.63, 3.8) is 0 Å². The Morgan fingerprint density at radius 2 is 1.03 bits per heavy atom. The largest absolute Gasteiger partial charge is 0.505 e. The third-order valence-corrected chi connectivity index (χ3v) is 12.0. The van der Waals surface area contributed by atoms with Gasteiger partial charge in [0, 0.05) is 10.8 Å². The number of hydrogen-bond acceptors (Lipinski definition) is 10.